The van der Waals surface area contributed by atoms with Gasteiger partial charge in [0.2, 0.25) is 5.76 Å². The summed E-state index contributed by atoms with van der Waals surface area (Å²) >= 11 is 0. The number of methoxy groups -OCH3 is 1. The van der Waals surface area contributed by atoms with Crippen molar-refractivity contribution in [3.05, 3.63) is 48.0 Å². The molecular weight excluding hydrogens is 296 g/mol. The van der Waals surface area contributed by atoms with Crippen molar-refractivity contribution >= 4 is 16.8 Å². The van der Waals surface area contributed by atoms with Gasteiger partial charge in [0.1, 0.15) is 5.52 Å². The van der Waals surface area contributed by atoms with Crippen molar-refractivity contribution in [3.8, 4) is 0 Å². The van der Waals surface area contributed by atoms with Crippen LogP contribution in [-0.4, -0.2) is 46.0 Å². The molecule has 2 heterocycles. The third-order valence-electron chi connectivity index (χ3n) is 3.56. The van der Waals surface area contributed by atoms with Gasteiger partial charge in [0.25, 0.3) is 5.91 Å². The van der Waals surface area contributed by atoms with Gasteiger partial charge in [0, 0.05) is 39.0 Å². The lowest BCUT2D eigenvalue weighted by Crippen LogP contribution is -2.33. The van der Waals surface area contributed by atoms with Crippen LogP contribution in [0.5, 0.6) is 0 Å². The second-order valence-corrected chi connectivity index (χ2v) is 5.27. The van der Waals surface area contributed by atoms with Gasteiger partial charge < -0.3 is 14.2 Å². The van der Waals surface area contributed by atoms with Crippen LogP contribution in [0.1, 0.15) is 16.1 Å². The topological polar surface area (TPSA) is 73.4 Å². The van der Waals surface area contributed by atoms with Gasteiger partial charge in [-0.15, -0.1) is 0 Å². The van der Waals surface area contributed by atoms with Crippen molar-refractivity contribution in [2.75, 3.05) is 20.3 Å². The molecule has 0 radical (unpaired) electrons. The normalized spacial score (nSPS) is 11.0. The molecular formula is C16H18N4O3. The summed E-state index contributed by atoms with van der Waals surface area (Å²) in [6, 6.07) is 7.36. The summed E-state index contributed by atoms with van der Waals surface area (Å²) in [6.07, 6.45) is 3.62. The summed E-state index contributed by atoms with van der Waals surface area (Å²) in [7, 11) is 3.45. The van der Waals surface area contributed by atoms with Crippen LogP contribution >= 0.6 is 0 Å². The van der Waals surface area contributed by atoms with E-state index < -0.39 is 0 Å². The molecule has 3 aromatic rings. The molecule has 1 amide bonds. The molecule has 0 aliphatic carbocycles. The van der Waals surface area contributed by atoms with E-state index in [1.807, 2.05) is 37.5 Å². The largest absolute Gasteiger partial charge is 0.383 e. The summed E-state index contributed by atoms with van der Waals surface area (Å²) in [5, 5.41) is 8.79. The number of fused-ring (bicyclic) bond motifs is 1. The van der Waals surface area contributed by atoms with E-state index in [1.54, 1.807) is 22.9 Å². The maximum Gasteiger partial charge on any atom is 0.293 e. The molecule has 0 unspecified atom stereocenters. The second-order valence-electron chi connectivity index (χ2n) is 5.27. The van der Waals surface area contributed by atoms with E-state index in [-0.39, 0.29) is 11.7 Å². The van der Waals surface area contributed by atoms with Crippen LogP contribution in [0, 0.1) is 0 Å². The lowest BCUT2D eigenvalue weighted by Gasteiger charge is -2.20. The van der Waals surface area contributed by atoms with E-state index in [4.69, 9.17) is 9.26 Å². The maximum absolute atomic E-state index is 12.8. The molecule has 0 fully saturated rings. The Hall–Kier alpha value is -2.67. The Morgan fingerprint density at radius 2 is 2.22 bits per heavy atom. The van der Waals surface area contributed by atoms with Gasteiger partial charge in [-0.1, -0.05) is 17.3 Å². The summed E-state index contributed by atoms with van der Waals surface area (Å²) < 4.78 is 12.1. The van der Waals surface area contributed by atoms with E-state index >= 15 is 0 Å². The number of benzene rings is 1. The van der Waals surface area contributed by atoms with E-state index in [2.05, 4.69) is 10.3 Å². The monoisotopic (exact) mass is 314 g/mol. The van der Waals surface area contributed by atoms with Crippen LogP contribution in [0.4, 0.5) is 0 Å². The fourth-order valence-electron chi connectivity index (χ4n) is 2.41. The molecule has 3 rings (SSSR count). The maximum atomic E-state index is 12.8. The Morgan fingerprint density at radius 1 is 1.39 bits per heavy atom. The molecule has 2 aromatic heterocycles. The number of hydrogen-bond donors (Lipinski definition) is 0. The highest BCUT2D eigenvalue weighted by molar-refractivity contribution is 6.03. The van der Waals surface area contributed by atoms with Crippen molar-refractivity contribution in [3.63, 3.8) is 0 Å². The van der Waals surface area contributed by atoms with E-state index in [0.717, 1.165) is 5.56 Å². The third kappa shape index (κ3) is 3.24. The van der Waals surface area contributed by atoms with E-state index in [1.165, 1.54) is 0 Å². The lowest BCUT2D eigenvalue weighted by molar-refractivity contribution is 0.0642. The fraction of sp³-hybridized carbons (Fsp3) is 0.312. The van der Waals surface area contributed by atoms with Crippen molar-refractivity contribution < 1.29 is 14.1 Å². The second kappa shape index (κ2) is 6.62. The van der Waals surface area contributed by atoms with Crippen molar-refractivity contribution in [1.29, 1.82) is 0 Å². The van der Waals surface area contributed by atoms with Gasteiger partial charge in [-0.3, -0.25) is 9.48 Å². The van der Waals surface area contributed by atoms with Gasteiger partial charge in [0.15, 0.2) is 0 Å². The molecule has 0 aliphatic rings. The molecule has 0 bridgehead atoms. The van der Waals surface area contributed by atoms with Crippen LogP contribution in [0.2, 0.25) is 0 Å². The highest BCUT2D eigenvalue weighted by atomic mass is 16.5. The van der Waals surface area contributed by atoms with Gasteiger partial charge in [0.05, 0.1) is 18.2 Å². The molecule has 23 heavy (non-hydrogen) atoms. The molecule has 7 heteroatoms. The Bertz CT molecular complexity index is 808. The van der Waals surface area contributed by atoms with Crippen LogP contribution in [-0.2, 0) is 18.3 Å². The molecule has 0 saturated heterocycles. The Balaban J connectivity index is 1.87. The molecule has 0 atom stereocenters. The molecule has 0 saturated carbocycles. The molecule has 0 spiro atoms. The SMILES string of the molecule is COCCN(Cc1cnn(C)c1)C(=O)c1onc2ccccc12. The highest BCUT2D eigenvalue weighted by Gasteiger charge is 2.23. The number of nitrogens with zero attached hydrogens (tertiary/aromatic N) is 4. The minimum Gasteiger partial charge on any atom is -0.383 e. The van der Waals surface area contributed by atoms with Crippen LogP contribution in [0.25, 0.3) is 10.9 Å². The van der Waals surface area contributed by atoms with Gasteiger partial charge in [-0.2, -0.15) is 5.10 Å². The number of carbonyl (C=O) groups is 1. The molecule has 1 aromatic carbocycles. The number of aryl methyl sites for hydroxylation is 1. The molecule has 120 valence electrons. The Labute approximate surface area is 133 Å². The van der Waals surface area contributed by atoms with Gasteiger partial charge in [-0.05, 0) is 12.1 Å². The summed E-state index contributed by atoms with van der Waals surface area (Å²) in [6.45, 7) is 1.34. The van der Waals surface area contributed by atoms with Crippen molar-refractivity contribution in [2.24, 2.45) is 7.05 Å². The zero-order chi connectivity index (χ0) is 16.2. The molecule has 7 nitrogen and oxygen atoms in total. The fourth-order valence-corrected chi connectivity index (χ4v) is 2.41. The zero-order valence-corrected chi connectivity index (χ0v) is 13.1. The summed E-state index contributed by atoms with van der Waals surface area (Å²) in [5.41, 5.74) is 1.62. The highest BCUT2D eigenvalue weighted by Crippen LogP contribution is 2.20. The average molecular weight is 314 g/mol. The Morgan fingerprint density at radius 3 is 2.96 bits per heavy atom. The first-order valence-corrected chi connectivity index (χ1v) is 7.29. The minimum absolute atomic E-state index is 0.209. The molecule has 0 aliphatic heterocycles. The number of amides is 1. The number of rotatable bonds is 6. The quantitative estimate of drug-likeness (QED) is 0.694. The first kappa shape index (κ1) is 15.2. The van der Waals surface area contributed by atoms with Gasteiger partial charge >= 0.3 is 0 Å². The van der Waals surface area contributed by atoms with Crippen molar-refractivity contribution in [1.82, 2.24) is 19.8 Å². The smallest absolute Gasteiger partial charge is 0.293 e. The number of ether oxygens (including phenoxy) is 1. The Kier molecular flexibility index (Phi) is 4.38. The number of carbonyl (C=O) groups excluding carboxylic acids is 1. The molecule has 0 N–H and O–H groups in total. The number of aromatic nitrogens is 3. The van der Waals surface area contributed by atoms with Gasteiger partial charge in [-0.25, -0.2) is 0 Å². The van der Waals surface area contributed by atoms with Crippen LogP contribution < -0.4 is 0 Å². The predicted molar refractivity (Wildman–Crippen MR) is 83.8 cm³/mol. The minimum atomic E-state index is -0.209. The third-order valence-corrected chi connectivity index (χ3v) is 3.56. The van der Waals surface area contributed by atoms with E-state index in [9.17, 15) is 4.79 Å². The lowest BCUT2D eigenvalue weighted by atomic mass is 10.2. The predicted octanol–water partition coefficient (Wildman–Crippen LogP) is 1.85. The number of hydrogen-bond acceptors (Lipinski definition) is 5. The zero-order valence-electron chi connectivity index (χ0n) is 13.1. The first-order valence-electron chi connectivity index (χ1n) is 7.29. The first-order chi connectivity index (χ1) is 11.2. The summed E-state index contributed by atoms with van der Waals surface area (Å²) in [5.74, 6) is 0.0418. The summed E-state index contributed by atoms with van der Waals surface area (Å²) in [4.78, 5) is 14.5. The van der Waals surface area contributed by atoms with Crippen molar-refractivity contribution in [2.45, 2.75) is 6.54 Å². The van der Waals surface area contributed by atoms with E-state index in [0.29, 0.717) is 30.6 Å². The van der Waals surface area contributed by atoms with Crippen LogP contribution in [0.15, 0.2) is 41.2 Å². The van der Waals surface area contributed by atoms with Crippen LogP contribution in [0.3, 0.4) is 0 Å². The standard InChI is InChI=1S/C16H18N4O3/c1-19-10-12(9-17-19)11-20(7-8-22-2)16(21)15-13-5-3-4-6-14(13)18-23-15/h3-6,9-10H,7-8,11H2,1-2H3. The average Bonchev–Trinajstić information content (AvgIpc) is 3.17.